The minimum absolute atomic E-state index is 0.0382. The summed E-state index contributed by atoms with van der Waals surface area (Å²) in [5.41, 5.74) is 0.376. The molecule has 0 aliphatic carbocycles. The maximum atomic E-state index is 13.4. The molecule has 10 heteroatoms. The fourth-order valence-corrected chi connectivity index (χ4v) is 3.51. The van der Waals surface area contributed by atoms with Crippen LogP contribution in [0.1, 0.15) is 18.0 Å². The number of amides is 1. The first-order valence-corrected chi connectivity index (χ1v) is 7.55. The molecule has 2 heterocycles. The van der Waals surface area contributed by atoms with Crippen LogP contribution in [0.15, 0.2) is 28.7 Å². The summed E-state index contributed by atoms with van der Waals surface area (Å²) in [6.07, 6.45) is -4.95. The van der Waals surface area contributed by atoms with Crippen molar-refractivity contribution >= 4 is 21.8 Å². The normalized spacial score (nSPS) is 28.3. The smallest absolute Gasteiger partial charge is 0.273 e. The van der Waals surface area contributed by atoms with E-state index in [2.05, 4.69) is 15.9 Å². The number of fused-ring (bicyclic) bond motifs is 1. The Morgan fingerprint density at radius 1 is 1.26 bits per heavy atom. The Labute approximate surface area is 137 Å². The number of carbonyl (C=O) groups excluding carboxylic acids is 1. The van der Waals surface area contributed by atoms with E-state index in [-0.39, 0.29) is 13.0 Å². The number of halogens is 4. The fourth-order valence-electron chi connectivity index (χ4n) is 3.25. The Bertz CT molecular complexity index is 652. The Kier molecular flexibility index (Phi) is 3.83. The van der Waals surface area contributed by atoms with Gasteiger partial charge in [-0.05, 0) is 17.7 Å². The van der Waals surface area contributed by atoms with Crippen molar-refractivity contribution in [3.05, 3.63) is 44.4 Å². The summed E-state index contributed by atoms with van der Waals surface area (Å²) < 4.78 is 40.9. The second-order valence-corrected chi connectivity index (χ2v) is 6.33. The van der Waals surface area contributed by atoms with E-state index in [1.54, 1.807) is 12.1 Å². The van der Waals surface area contributed by atoms with Gasteiger partial charge in [0.15, 0.2) is 0 Å². The van der Waals surface area contributed by atoms with Crippen molar-refractivity contribution < 1.29 is 22.9 Å². The maximum Gasteiger partial charge on any atom is 0.417 e. The van der Waals surface area contributed by atoms with Crippen LogP contribution in [-0.4, -0.2) is 45.7 Å². The lowest BCUT2D eigenvalue weighted by atomic mass is 9.95. The van der Waals surface area contributed by atoms with Crippen molar-refractivity contribution in [1.29, 1.82) is 0 Å². The first-order valence-electron chi connectivity index (χ1n) is 6.76. The molecule has 1 aromatic rings. The Balaban J connectivity index is 2.11. The fraction of sp³-hybridized carbons (Fsp3) is 0.462. The van der Waals surface area contributed by atoms with Crippen molar-refractivity contribution in [2.45, 2.75) is 30.7 Å². The Morgan fingerprint density at radius 2 is 1.87 bits per heavy atom. The predicted octanol–water partition coefficient (Wildman–Crippen LogP) is 2.53. The lowest BCUT2D eigenvalue weighted by Crippen LogP contribution is -2.51. The Morgan fingerprint density at radius 3 is 2.39 bits per heavy atom. The minimum Gasteiger partial charge on any atom is -0.273 e. The SMILES string of the molecule is O=C1CCN2[C@H](c3ccc(Br)cc3)[C@H]([N+](=O)[O-])[C@@H](C(F)(F)F)N12. The molecule has 1 amide bonds. The van der Waals surface area contributed by atoms with Crippen LogP contribution < -0.4 is 0 Å². The summed E-state index contributed by atoms with van der Waals surface area (Å²) in [7, 11) is 0. The molecule has 23 heavy (non-hydrogen) atoms. The van der Waals surface area contributed by atoms with E-state index >= 15 is 0 Å². The molecule has 0 saturated carbocycles. The predicted molar refractivity (Wildman–Crippen MR) is 75.7 cm³/mol. The number of rotatable bonds is 2. The molecule has 3 rings (SSSR count). The third kappa shape index (κ3) is 2.59. The van der Waals surface area contributed by atoms with Gasteiger partial charge in [-0.2, -0.15) is 13.2 Å². The van der Waals surface area contributed by atoms with Gasteiger partial charge in [-0.1, -0.05) is 28.1 Å². The summed E-state index contributed by atoms with van der Waals surface area (Å²) >= 11 is 3.22. The molecule has 0 radical (unpaired) electrons. The highest BCUT2D eigenvalue weighted by Gasteiger charge is 2.68. The van der Waals surface area contributed by atoms with E-state index < -0.39 is 35.1 Å². The van der Waals surface area contributed by atoms with Crippen molar-refractivity contribution in [1.82, 2.24) is 10.0 Å². The van der Waals surface area contributed by atoms with Crippen LogP contribution in [0.25, 0.3) is 0 Å². The number of benzene rings is 1. The average molecular weight is 394 g/mol. The molecule has 2 aliphatic rings. The molecule has 1 aromatic carbocycles. The van der Waals surface area contributed by atoms with Gasteiger partial charge >= 0.3 is 6.18 Å². The van der Waals surface area contributed by atoms with Gasteiger partial charge in [0.25, 0.3) is 6.04 Å². The molecule has 0 unspecified atom stereocenters. The first kappa shape index (κ1) is 16.2. The van der Waals surface area contributed by atoms with Crippen LogP contribution in [0.2, 0.25) is 0 Å². The molecular weight excluding hydrogens is 383 g/mol. The van der Waals surface area contributed by atoms with Gasteiger partial charge < -0.3 is 0 Å². The van der Waals surface area contributed by atoms with Gasteiger partial charge in [-0.3, -0.25) is 19.9 Å². The molecule has 2 aliphatic heterocycles. The van der Waals surface area contributed by atoms with Crippen molar-refractivity contribution in [2.24, 2.45) is 0 Å². The monoisotopic (exact) mass is 393 g/mol. The number of carbonyl (C=O) groups is 1. The standard InChI is InChI=1S/C13H11BrF3N3O3/c14-8-3-1-7(2-4-8)10-11(20(22)23)12(13(15,16)17)19-9(21)5-6-18(10)19/h1-4,10-12H,5-6H2/t10-,11+,12+/m1/s1. The summed E-state index contributed by atoms with van der Waals surface area (Å²) in [5.74, 6) is -0.737. The molecule has 2 fully saturated rings. The van der Waals surface area contributed by atoms with Gasteiger partial charge in [0.05, 0.1) is 0 Å². The summed E-state index contributed by atoms with van der Waals surface area (Å²) in [6.45, 7) is 0.0382. The van der Waals surface area contributed by atoms with E-state index in [0.29, 0.717) is 15.0 Å². The van der Waals surface area contributed by atoms with Crippen LogP contribution in [0.3, 0.4) is 0 Å². The highest BCUT2D eigenvalue weighted by molar-refractivity contribution is 9.10. The molecular formula is C13H11BrF3N3O3. The minimum atomic E-state index is -4.87. The maximum absolute atomic E-state index is 13.4. The van der Waals surface area contributed by atoms with E-state index in [9.17, 15) is 28.1 Å². The summed E-state index contributed by atoms with van der Waals surface area (Å²) in [5, 5.41) is 13.1. The molecule has 6 nitrogen and oxygen atoms in total. The van der Waals surface area contributed by atoms with Crippen molar-refractivity contribution in [3.63, 3.8) is 0 Å². The first-order chi connectivity index (χ1) is 10.7. The number of nitro groups is 1. The van der Waals surface area contributed by atoms with Gasteiger partial charge in [0.1, 0.15) is 6.04 Å². The molecule has 3 atom stereocenters. The third-order valence-electron chi connectivity index (χ3n) is 4.11. The second kappa shape index (κ2) is 5.45. The topological polar surface area (TPSA) is 66.7 Å². The lowest BCUT2D eigenvalue weighted by molar-refractivity contribution is -0.536. The number of alkyl halides is 3. The van der Waals surface area contributed by atoms with Gasteiger partial charge in [0.2, 0.25) is 11.9 Å². The van der Waals surface area contributed by atoms with Gasteiger partial charge in [-0.15, -0.1) is 0 Å². The number of nitrogens with zero attached hydrogens (tertiary/aromatic N) is 3. The van der Waals surface area contributed by atoms with Crippen molar-refractivity contribution in [3.8, 4) is 0 Å². The quantitative estimate of drug-likeness (QED) is 0.571. The van der Waals surface area contributed by atoms with E-state index in [1.807, 2.05) is 0 Å². The third-order valence-corrected chi connectivity index (χ3v) is 4.64. The molecule has 0 N–H and O–H groups in total. The zero-order valence-electron chi connectivity index (χ0n) is 11.5. The van der Waals surface area contributed by atoms with E-state index in [0.717, 1.165) is 0 Å². The highest BCUT2D eigenvalue weighted by atomic mass is 79.9. The van der Waals surface area contributed by atoms with E-state index in [4.69, 9.17) is 0 Å². The van der Waals surface area contributed by atoms with Crippen molar-refractivity contribution in [2.75, 3.05) is 6.54 Å². The van der Waals surface area contributed by atoms with Crippen LogP contribution in [0.4, 0.5) is 13.2 Å². The number of hydrogen-bond donors (Lipinski definition) is 0. The molecule has 124 valence electrons. The lowest BCUT2D eigenvalue weighted by Gasteiger charge is -2.26. The zero-order valence-corrected chi connectivity index (χ0v) is 13.1. The molecule has 2 saturated heterocycles. The van der Waals surface area contributed by atoms with E-state index in [1.165, 1.54) is 17.1 Å². The number of hydrogen-bond acceptors (Lipinski definition) is 4. The zero-order chi connectivity index (χ0) is 16.9. The Hall–Kier alpha value is -1.68. The van der Waals surface area contributed by atoms with Crippen LogP contribution in [0, 0.1) is 10.1 Å². The van der Waals surface area contributed by atoms with Gasteiger partial charge in [0, 0.05) is 22.4 Å². The molecule has 0 spiro atoms. The second-order valence-electron chi connectivity index (χ2n) is 5.41. The highest BCUT2D eigenvalue weighted by Crippen LogP contribution is 2.46. The molecule has 0 bridgehead atoms. The van der Waals surface area contributed by atoms with Crippen LogP contribution in [-0.2, 0) is 4.79 Å². The summed E-state index contributed by atoms with van der Waals surface area (Å²) in [4.78, 5) is 22.3. The average Bonchev–Trinajstić information content (AvgIpc) is 2.97. The van der Waals surface area contributed by atoms with Crippen LogP contribution >= 0.6 is 15.9 Å². The molecule has 0 aromatic heterocycles. The summed E-state index contributed by atoms with van der Waals surface area (Å²) in [6, 6.07) is 0.749. The van der Waals surface area contributed by atoms with Gasteiger partial charge in [-0.25, -0.2) is 5.01 Å². The largest absolute Gasteiger partial charge is 0.417 e. The number of hydrazine groups is 1. The van der Waals surface area contributed by atoms with Crippen LogP contribution in [0.5, 0.6) is 0 Å².